The van der Waals surface area contributed by atoms with Crippen LogP contribution < -0.4 is 0 Å². The minimum atomic E-state index is 0.176. The van der Waals surface area contributed by atoms with Crippen molar-refractivity contribution in [2.24, 2.45) is 0 Å². The average Bonchev–Trinajstić information content (AvgIpc) is 2.69. The van der Waals surface area contributed by atoms with Gasteiger partial charge in [-0.05, 0) is 11.0 Å². The normalized spacial score (nSPS) is 11.7. The van der Waals surface area contributed by atoms with E-state index in [-0.39, 0.29) is 5.41 Å². The third-order valence-electron chi connectivity index (χ3n) is 2.37. The molecule has 0 saturated heterocycles. The lowest BCUT2D eigenvalue weighted by atomic mass is 9.87. The zero-order valence-electron chi connectivity index (χ0n) is 9.19. The Kier molecular flexibility index (Phi) is 2.31. The molecule has 2 rings (SSSR count). The van der Waals surface area contributed by atoms with E-state index in [2.05, 4.69) is 43.0 Å². The van der Waals surface area contributed by atoms with Crippen molar-refractivity contribution in [1.29, 1.82) is 0 Å². The van der Waals surface area contributed by atoms with Crippen LogP contribution in [0.25, 0.3) is 11.4 Å². The van der Waals surface area contributed by atoms with E-state index in [0.29, 0.717) is 5.82 Å². The molecule has 2 aromatic rings. The predicted octanol–water partition coefficient (Wildman–Crippen LogP) is 3.03. The monoisotopic (exact) mass is 202 g/mol. The molecular weight excluding hydrogens is 188 g/mol. The SMILES string of the molecule is CC(C)(C)c1ccc(-c2ncon2)cc1. The van der Waals surface area contributed by atoms with E-state index in [1.807, 2.05) is 12.1 Å². The van der Waals surface area contributed by atoms with Gasteiger partial charge in [0.25, 0.3) is 0 Å². The standard InChI is InChI=1S/C12H14N2O/c1-12(2,3)10-6-4-9(5-7-10)11-13-8-15-14-11/h4-8H,1-3H3. The highest BCUT2D eigenvalue weighted by Crippen LogP contribution is 2.24. The molecule has 0 aliphatic rings. The Bertz CT molecular complexity index is 424. The second-order valence-electron chi connectivity index (χ2n) is 4.58. The van der Waals surface area contributed by atoms with Crippen molar-refractivity contribution in [2.75, 3.05) is 0 Å². The Balaban J connectivity index is 2.33. The number of hydrogen-bond donors (Lipinski definition) is 0. The molecule has 3 nitrogen and oxygen atoms in total. The second kappa shape index (κ2) is 3.50. The highest BCUT2D eigenvalue weighted by molar-refractivity contribution is 5.54. The minimum Gasteiger partial charge on any atom is -0.342 e. The fourth-order valence-corrected chi connectivity index (χ4v) is 1.42. The summed E-state index contributed by atoms with van der Waals surface area (Å²) < 4.78 is 4.71. The lowest BCUT2D eigenvalue weighted by Gasteiger charge is -2.18. The highest BCUT2D eigenvalue weighted by atomic mass is 16.5. The van der Waals surface area contributed by atoms with E-state index in [1.165, 1.54) is 12.0 Å². The van der Waals surface area contributed by atoms with Crippen molar-refractivity contribution in [3.63, 3.8) is 0 Å². The molecule has 1 heterocycles. The summed E-state index contributed by atoms with van der Waals surface area (Å²) in [6.07, 6.45) is 1.34. The first-order valence-electron chi connectivity index (χ1n) is 4.95. The molecule has 0 N–H and O–H groups in total. The quantitative estimate of drug-likeness (QED) is 0.713. The van der Waals surface area contributed by atoms with Crippen LogP contribution in [0.2, 0.25) is 0 Å². The molecule has 15 heavy (non-hydrogen) atoms. The third-order valence-corrected chi connectivity index (χ3v) is 2.37. The largest absolute Gasteiger partial charge is 0.342 e. The summed E-state index contributed by atoms with van der Waals surface area (Å²) in [7, 11) is 0. The molecule has 1 aromatic carbocycles. The van der Waals surface area contributed by atoms with Crippen molar-refractivity contribution in [2.45, 2.75) is 26.2 Å². The van der Waals surface area contributed by atoms with E-state index >= 15 is 0 Å². The van der Waals surface area contributed by atoms with Crippen LogP contribution in [-0.4, -0.2) is 10.1 Å². The van der Waals surface area contributed by atoms with Gasteiger partial charge < -0.3 is 4.52 Å². The number of nitrogens with zero attached hydrogens (tertiary/aromatic N) is 2. The van der Waals surface area contributed by atoms with Crippen LogP contribution in [-0.2, 0) is 5.41 Å². The lowest BCUT2D eigenvalue weighted by Crippen LogP contribution is -2.10. The van der Waals surface area contributed by atoms with Gasteiger partial charge in [0.1, 0.15) is 0 Å². The maximum Gasteiger partial charge on any atom is 0.214 e. The number of hydrogen-bond acceptors (Lipinski definition) is 3. The Hall–Kier alpha value is -1.64. The molecule has 0 saturated carbocycles. The first-order valence-corrected chi connectivity index (χ1v) is 4.95. The van der Waals surface area contributed by atoms with E-state index < -0.39 is 0 Å². The van der Waals surface area contributed by atoms with Crippen LogP contribution >= 0.6 is 0 Å². The molecule has 0 amide bonds. The number of aromatic nitrogens is 2. The van der Waals surface area contributed by atoms with Crippen molar-refractivity contribution >= 4 is 0 Å². The molecule has 0 atom stereocenters. The zero-order chi connectivity index (χ0) is 10.9. The van der Waals surface area contributed by atoms with E-state index in [4.69, 9.17) is 4.52 Å². The summed E-state index contributed by atoms with van der Waals surface area (Å²) in [5.41, 5.74) is 2.46. The Morgan fingerprint density at radius 3 is 2.20 bits per heavy atom. The first-order chi connectivity index (χ1) is 7.07. The van der Waals surface area contributed by atoms with Gasteiger partial charge in [-0.25, -0.2) is 0 Å². The topological polar surface area (TPSA) is 38.9 Å². The van der Waals surface area contributed by atoms with E-state index in [1.54, 1.807) is 0 Å². The van der Waals surface area contributed by atoms with Crippen LogP contribution in [0.5, 0.6) is 0 Å². The van der Waals surface area contributed by atoms with Gasteiger partial charge in [0.2, 0.25) is 12.2 Å². The molecule has 0 aliphatic heterocycles. The van der Waals surface area contributed by atoms with Crippen molar-refractivity contribution in [1.82, 2.24) is 10.1 Å². The molecule has 0 unspecified atom stereocenters. The van der Waals surface area contributed by atoms with Crippen LogP contribution in [0.3, 0.4) is 0 Å². The Morgan fingerprint density at radius 1 is 1.07 bits per heavy atom. The summed E-state index contributed by atoms with van der Waals surface area (Å²) in [6, 6.07) is 8.24. The van der Waals surface area contributed by atoms with Crippen molar-refractivity contribution in [3.05, 3.63) is 36.2 Å². The summed E-state index contributed by atoms with van der Waals surface area (Å²) in [6.45, 7) is 6.57. The van der Waals surface area contributed by atoms with Crippen molar-refractivity contribution in [3.8, 4) is 11.4 Å². The molecular formula is C12H14N2O. The molecule has 1 aromatic heterocycles. The van der Waals surface area contributed by atoms with Gasteiger partial charge in [-0.3, -0.25) is 0 Å². The van der Waals surface area contributed by atoms with E-state index in [9.17, 15) is 0 Å². The van der Waals surface area contributed by atoms with E-state index in [0.717, 1.165) is 5.56 Å². The summed E-state index contributed by atoms with van der Waals surface area (Å²) in [5.74, 6) is 0.635. The number of rotatable bonds is 1. The lowest BCUT2D eigenvalue weighted by molar-refractivity contribution is 0.419. The summed E-state index contributed by atoms with van der Waals surface area (Å²) >= 11 is 0. The molecule has 3 heteroatoms. The molecule has 0 radical (unpaired) electrons. The average molecular weight is 202 g/mol. The second-order valence-corrected chi connectivity index (χ2v) is 4.58. The van der Waals surface area contributed by atoms with Crippen LogP contribution in [0.1, 0.15) is 26.3 Å². The van der Waals surface area contributed by atoms with Crippen LogP contribution in [0.15, 0.2) is 35.2 Å². The van der Waals surface area contributed by atoms with Crippen molar-refractivity contribution < 1.29 is 4.52 Å². The van der Waals surface area contributed by atoms with Gasteiger partial charge in [0.05, 0.1) is 0 Å². The fraction of sp³-hybridized carbons (Fsp3) is 0.333. The van der Waals surface area contributed by atoms with Crippen LogP contribution in [0, 0.1) is 0 Å². The van der Waals surface area contributed by atoms with Gasteiger partial charge in [-0.15, -0.1) is 0 Å². The van der Waals surface area contributed by atoms with Gasteiger partial charge in [0.15, 0.2) is 0 Å². The molecule has 0 fully saturated rings. The molecule has 0 aliphatic carbocycles. The first kappa shape index (κ1) is 9.90. The molecule has 0 bridgehead atoms. The zero-order valence-corrected chi connectivity index (χ0v) is 9.19. The minimum absolute atomic E-state index is 0.176. The van der Waals surface area contributed by atoms with Crippen LogP contribution in [0.4, 0.5) is 0 Å². The maximum absolute atomic E-state index is 4.71. The summed E-state index contributed by atoms with van der Waals surface area (Å²) in [4.78, 5) is 4.00. The third kappa shape index (κ3) is 2.06. The Morgan fingerprint density at radius 2 is 1.73 bits per heavy atom. The van der Waals surface area contributed by atoms with Gasteiger partial charge >= 0.3 is 0 Å². The van der Waals surface area contributed by atoms with Gasteiger partial charge in [0, 0.05) is 5.56 Å². The Labute approximate surface area is 89.1 Å². The smallest absolute Gasteiger partial charge is 0.214 e. The maximum atomic E-state index is 4.71. The molecule has 0 spiro atoms. The van der Waals surface area contributed by atoms with Gasteiger partial charge in [-0.2, -0.15) is 4.98 Å². The van der Waals surface area contributed by atoms with Gasteiger partial charge in [-0.1, -0.05) is 50.2 Å². The highest BCUT2D eigenvalue weighted by Gasteiger charge is 2.13. The summed E-state index contributed by atoms with van der Waals surface area (Å²) in [5, 5.41) is 3.79. The predicted molar refractivity (Wildman–Crippen MR) is 58.4 cm³/mol. The number of benzene rings is 1. The molecule has 78 valence electrons. The fourth-order valence-electron chi connectivity index (χ4n) is 1.42.